The Kier molecular flexibility index (Phi) is 3.75. The van der Waals surface area contributed by atoms with Crippen LogP contribution in [0.15, 0.2) is 83.8 Å². The number of benzene rings is 3. The molecule has 1 N–H and O–H groups in total. The lowest BCUT2D eigenvalue weighted by Crippen LogP contribution is -2.34. The van der Waals surface area contributed by atoms with Crippen LogP contribution >= 0.6 is 11.9 Å². The maximum atomic E-state index is 13.2. The van der Waals surface area contributed by atoms with Crippen LogP contribution in [0.4, 0.5) is 5.69 Å². The minimum absolute atomic E-state index is 0.0496. The summed E-state index contributed by atoms with van der Waals surface area (Å²) in [6.45, 7) is 0. The van der Waals surface area contributed by atoms with Crippen molar-refractivity contribution in [2.24, 2.45) is 0 Å². The molecule has 0 radical (unpaired) electrons. The molecule has 0 bridgehead atoms. The van der Waals surface area contributed by atoms with E-state index in [2.05, 4.69) is 0 Å². The summed E-state index contributed by atoms with van der Waals surface area (Å²) in [6, 6.07) is 24.6. The third-order valence-corrected chi connectivity index (χ3v) is 5.23. The van der Waals surface area contributed by atoms with Crippen molar-refractivity contribution in [3.8, 4) is 5.75 Å². The topological polar surface area (TPSA) is 40.5 Å². The molecule has 3 aromatic rings. The van der Waals surface area contributed by atoms with Gasteiger partial charge in [-0.3, -0.25) is 4.79 Å². The number of amides is 1. The van der Waals surface area contributed by atoms with Gasteiger partial charge in [-0.15, -0.1) is 0 Å². The second-order valence-electron chi connectivity index (χ2n) is 5.59. The molecule has 1 amide bonds. The standard InChI is InChI=1S/C20H15NO2S/c22-17-12-6-5-11-16(17)21-20(23)19(14-8-2-1-3-9-14)15-10-4-7-13-18(15)24-21/h1-13,19,22H. The van der Waals surface area contributed by atoms with Crippen LogP contribution in [-0.4, -0.2) is 11.0 Å². The number of carbonyl (C=O) groups excluding carboxylic acids is 1. The third kappa shape index (κ3) is 2.45. The van der Waals surface area contributed by atoms with Gasteiger partial charge < -0.3 is 5.11 Å². The first-order valence-corrected chi connectivity index (χ1v) is 8.47. The Morgan fingerprint density at radius 2 is 1.50 bits per heavy atom. The Hall–Kier alpha value is -2.72. The predicted octanol–water partition coefficient (Wildman–Crippen LogP) is 4.58. The molecule has 0 spiro atoms. The molecular formula is C20H15NO2S. The fourth-order valence-corrected chi connectivity index (χ4v) is 4.04. The van der Waals surface area contributed by atoms with Crippen LogP contribution in [0.2, 0.25) is 0 Å². The van der Waals surface area contributed by atoms with Crippen molar-refractivity contribution >= 4 is 23.5 Å². The molecule has 24 heavy (non-hydrogen) atoms. The zero-order valence-corrected chi connectivity index (χ0v) is 13.6. The molecule has 1 aliphatic rings. The lowest BCUT2D eigenvalue weighted by molar-refractivity contribution is -0.118. The maximum absolute atomic E-state index is 13.2. The molecule has 4 rings (SSSR count). The molecule has 0 aliphatic carbocycles. The number of hydrogen-bond acceptors (Lipinski definition) is 3. The lowest BCUT2D eigenvalue weighted by atomic mass is 9.90. The molecule has 1 heterocycles. The van der Waals surface area contributed by atoms with Crippen molar-refractivity contribution in [3.05, 3.63) is 90.0 Å². The largest absolute Gasteiger partial charge is 0.506 e. The van der Waals surface area contributed by atoms with Gasteiger partial charge in [0.25, 0.3) is 0 Å². The second-order valence-corrected chi connectivity index (χ2v) is 6.58. The summed E-state index contributed by atoms with van der Waals surface area (Å²) in [5, 5.41) is 10.2. The highest BCUT2D eigenvalue weighted by Crippen LogP contribution is 2.45. The van der Waals surface area contributed by atoms with Crippen molar-refractivity contribution in [1.29, 1.82) is 0 Å². The molecule has 1 atom stereocenters. The molecule has 4 heteroatoms. The quantitative estimate of drug-likeness (QED) is 0.698. The monoisotopic (exact) mass is 333 g/mol. The molecule has 0 saturated heterocycles. The van der Waals surface area contributed by atoms with Crippen molar-refractivity contribution in [2.45, 2.75) is 10.8 Å². The summed E-state index contributed by atoms with van der Waals surface area (Å²) in [5.41, 5.74) is 2.48. The van der Waals surface area contributed by atoms with Gasteiger partial charge in [0.15, 0.2) is 0 Å². The van der Waals surface area contributed by atoms with Crippen molar-refractivity contribution in [3.63, 3.8) is 0 Å². The van der Waals surface area contributed by atoms with Gasteiger partial charge in [0, 0.05) is 4.90 Å². The summed E-state index contributed by atoms with van der Waals surface area (Å²) < 4.78 is 1.59. The van der Waals surface area contributed by atoms with Crippen molar-refractivity contribution in [1.82, 2.24) is 0 Å². The first-order valence-electron chi connectivity index (χ1n) is 7.69. The number of anilines is 1. The van der Waals surface area contributed by atoms with Crippen LogP contribution < -0.4 is 4.31 Å². The number of aromatic hydroxyl groups is 1. The van der Waals surface area contributed by atoms with Crippen molar-refractivity contribution < 1.29 is 9.90 Å². The number of fused-ring (bicyclic) bond motifs is 1. The average Bonchev–Trinajstić information content (AvgIpc) is 2.63. The maximum Gasteiger partial charge on any atom is 0.249 e. The normalized spacial score (nSPS) is 16.8. The van der Waals surface area contributed by atoms with Crippen LogP contribution in [0.25, 0.3) is 0 Å². The minimum Gasteiger partial charge on any atom is -0.506 e. The van der Waals surface area contributed by atoms with E-state index in [1.165, 1.54) is 11.9 Å². The summed E-state index contributed by atoms with van der Waals surface area (Å²) in [5.74, 6) is -0.320. The van der Waals surface area contributed by atoms with Crippen LogP contribution in [0, 0.1) is 0 Å². The summed E-state index contributed by atoms with van der Waals surface area (Å²) in [6.07, 6.45) is 0. The van der Waals surface area contributed by atoms with E-state index in [-0.39, 0.29) is 17.6 Å². The van der Waals surface area contributed by atoms with Crippen LogP contribution in [0.3, 0.4) is 0 Å². The van der Waals surface area contributed by atoms with Crippen LogP contribution in [-0.2, 0) is 4.79 Å². The summed E-state index contributed by atoms with van der Waals surface area (Å²) in [7, 11) is 0. The number of hydrogen-bond donors (Lipinski definition) is 1. The van der Waals surface area contributed by atoms with Gasteiger partial charge in [-0.2, -0.15) is 0 Å². The third-order valence-electron chi connectivity index (χ3n) is 4.10. The first-order chi connectivity index (χ1) is 11.8. The molecule has 3 nitrogen and oxygen atoms in total. The van der Waals surface area contributed by atoms with Gasteiger partial charge in [-0.1, -0.05) is 60.7 Å². The second kappa shape index (κ2) is 6.06. The van der Waals surface area contributed by atoms with Gasteiger partial charge in [-0.25, -0.2) is 4.31 Å². The Morgan fingerprint density at radius 3 is 2.29 bits per heavy atom. The van der Waals surface area contributed by atoms with Gasteiger partial charge in [-0.05, 0) is 41.3 Å². The van der Waals surface area contributed by atoms with Gasteiger partial charge in [0.05, 0.1) is 11.6 Å². The van der Waals surface area contributed by atoms with E-state index < -0.39 is 0 Å². The molecule has 3 aromatic carbocycles. The van der Waals surface area contributed by atoms with Gasteiger partial charge in [0.1, 0.15) is 5.75 Å². The number of carbonyl (C=O) groups is 1. The van der Waals surface area contributed by atoms with E-state index in [9.17, 15) is 9.90 Å². The van der Waals surface area contributed by atoms with Gasteiger partial charge >= 0.3 is 0 Å². The van der Waals surface area contributed by atoms with Gasteiger partial charge in [0.2, 0.25) is 5.91 Å². The van der Waals surface area contributed by atoms with E-state index >= 15 is 0 Å². The highest BCUT2D eigenvalue weighted by molar-refractivity contribution is 8.01. The number of rotatable bonds is 2. The highest BCUT2D eigenvalue weighted by atomic mass is 32.2. The minimum atomic E-state index is -0.372. The molecule has 0 saturated carbocycles. The van der Waals surface area contributed by atoms with Crippen LogP contribution in [0.5, 0.6) is 5.75 Å². The summed E-state index contributed by atoms with van der Waals surface area (Å²) in [4.78, 5) is 14.3. The fourth-order valence-electron chi connectivity index (χ4n) is 2.97. The number of nitrogens with zero attached hydrogens (tertiary/aromatic N) is 1. The van der Waals surface area contributed by atoms with E-state index in [1.807, 2.05) is 60.7 Å². The summed E-state index contributed by atoms with van der Waals surface area (Å²) >= 11 is 1.35. The lowest BCUT2D eigenvalue weighted by Gasteiger charge is -2.33. The fraction of sp³-hybridized carbons (Fsp3) is 0.0500. The molecule has 0 aromatic heterocycles. The Labute approximate surface area is 144 Å². The average molecular weight is 333 g/mol. The Balaban J connectivity index is 1.87. The van der Waals surface area contributed by atoms with E-state index in [1.54, 1.807) is 22.5 Å². The van der Waals surface area contributed by atoms with Crippen LogP contribution in [0.1, 0.15) is 17.0 Å². The SMILES string of the molecule is O=C1C(c2ccccc2)c2ccccc2SN1c1ccccc1O. The zero-order chi connectivity index (χ0) is 16.5. The molecular weight excluding hydrogens is 318 g/mol. The highest BCUT2D eigenvalue weighted by Gasteiger charge is 2.36. The number of para-hydroxylation sites is 2. The van der Waals surface area contributed by atoms with E-state index in [0.717, 1.165) is 16.0 Å². The molecule has 1 aliphatic heterocycles. The molecule has 0 fully saturated rings. The number of phenols is 1. The number of phenolic OH excluding ortho intramolecular Hbond substituents is 1. The van der Waals surface area contributed by atoms with E-state index in [4.69, 9.17) is 0 Å². The molecule has 1 unspecified atom stereocenters. The predicted molar refractivity (Wildman–Crippen MR) is 96.2 cm³/mol. The molecule has 118 valence electrons. The smallest absolute Gasteiger partial charge is 0.249 e. The first kappa shape index (κ1) is 14.8. The Bertz CT molecular complexity index is 895. The van der Waals surface area contributed by atoms with E-state index in [0.29, 0.717) is 5.69 Å². The Morgan fingerprint density at radius 1 is 0.833 bits per heavy atom. The zero-order valence-electron chi connectivity index (χ0n) is 12.8. The van der Waals surface area contributed by atoms with Crippen molar-refractivity contribution in [2.75, 3.05) is 4.31 Å².